The summed E-state index contributed by atoms with van der Waals surface area (Å²) in [7, 11) is 0. The number of nitro groups is 1. The van der Waals surface area contributed by atoms with Crippen LogP contribution >= 0.6 is 0 Å². The number of carbonyl (C=O) groups is 1. The SMILES string of the molecule is CCOc1cc(C(F)(F)F)cc(C(C)=O)c1[N+](=O)[O-]. The summed E-state index contributed by atoms with van der Waals surface area (Å²) < 4.78 is 42.8. The van der Waals surface area contributed by atoms with Gasteiger partial charge in [-0.05, 0) is 26.0 Å². The van der Waals surface area contributed by atoms with Crippen molar-refractivity contribution < 1.29 is 27.6 Å². The van der Waals surface area contributed by atoms with Crippen LogP contribution in [0.5, 0.6) is 5.75 Å². The number of nitro benzene ring substituents is 1. The summed E-state index contributed by atoms with van der Waals surface area (Å²) in [6.45, 7) is 2.37. The second kappa shape index (κ2) is 5.25. The highest BCUT2D eigenvalue weighted by molar-refractivity contribution is 5.99. The normalized spacial score (nSPS) is 11.2. The highest BCUT2D eigenvalue weighted by Gasteiger charge is 2.35. The third-order valence-corrected chi connectivity index (χ3v) is 2.26. The fraction of sp³-hybridized carbons (Fsp3) is 0.364. The van der Waals surface area contributed by atoms with Gasteiger partial charge in [-0.25, -0.2) is 0 Å². The molecule has 0 radical (unpaired) electrons. The van der Waals surface area contributed by atoms with Gasteiger partial charge < -0.3 is 4.74 Å². The highest BCUT2D eigenvalue weighted by Crippen LogP contribution is 2.39. The Bertz CT molecular complexity index is 525. The molecule has 0 atom stereocenters. The Kier molecular flexibility index (Phi) is 4.13. The van der Waals surface area contributed by atoms with Gasteiger partial charge in [0.05, 0.1) is 22.7 Å². The molecule has 19 heavy (non-hydrogen) atoms. The van der Waals surface area contributed by atoms with Crippen molar-refractivity contribution in [1.29, 1.82) is 0 Å². The van der Waals surface area contributed by atoms with Gasteiger partial charge in [-0.15, -0.1) is 0 Å². The Labute approximate surface area is 106 Å². The second-order valence-electron chi connectivity index (χ2n) is 3.61. The van der Waals surface area contributed by atoms with Crippen LogP contribution in [-0.2, 0) is 6.18 Å². The lowest BCUT2D eigenvalue weighted by Crippen LogP contribution is -2.11. The zero-order valence-electron chi connectivity index (χ0n) is 10.1. The van der Waals surface area contributed by atoms with E-state index in [0.29, 0.717) is 12.1 Å². The maximum Gasteiger partial charge on any atom is 0.416 e. The van der Waals surface area contributed by atoms with E-state index in [9.17, 15) is 28.1 Å². The molecule has 0 saturated heterocycles. The lowest BCUT2D eigenvalue weighted by molar-refractivity contribution is -0.386. The first-order chi connectivity index (χ1) is 8.68. The Balaban J connectivity index is 3.62. The number of ketones is 1. The Hall–Kier alpha value is -2.12. The molecule has 0 N–H and O–H groups in total. The van der Waals surface area contributed by atoms with E-state index in [0.717, 1.165) is 6.92 Å². The van der Waals surface area contributed by atoms with Crippen LogP contribution in [0.25, 0.3) is 0 Å². The molecule has 0 heterocycles. The molecule has 0 aliphatic rings. The number of benzene rings is 1. The van der Waals surface area contributed by atoms with Gasteiger partial charge >= 0.3 is 11.9 Å². The first kappa shape index (κ1) is 14.9. The number of Topliss-reactive ketones (excluding diaryl/α,β-unsaturated/α-hetero) is 1. The van der Waals surface area contributed by atoms with E-state index in [1.54, 1.807) is 0 Å². The molecule has 0 aliphatic heterocycles. The molecular formula is C11H10F3NO4. The summed E-state index contributed by atoms with van der Waals surface area (Å²) in [6.07, 6.45) is -4.72. The van der Waals surface area contributed by atoms with Crippen LogP contribution in [0.15, 0.2) is 12.1 Å². The minimum absolute atomic E-state index is 0.0561. The Morgan fingerprint density at radius 2 is 2.00 bits per heavy atom. The van der Waals surface area contributed by atoms with Crippen molar-refractivity contribution in [2.24, 2.45) is 0 Å². The largest absolute Gasteiger partial charge is 0.487 e. The molecule has 5 nitrogen and oxygen atoms in total. The van der Waals surface area contributed by atoms with Crippen molar-refractivity contribution in [3.8, 4) is 5.75 Å². The van der Waals surface area contributed by atoms with Crippen molar-refractivity contribution in [3.05, 3.63) is 33.4 Å². The highest BCUT2D eigenvalue weighted by atomic mass is 19.4. The maximum absolute atomic E-state index is 12.6. The molecule has 0 aliphatic carbocycles. The van der Waals surface area contributed by atoms with E-state index in [1.807, 2.05) is 0 Å². The van der Waals surface area contributed by atoms with Crippen LogP contribution in [0, 0.1) is 10.1 Å². The zero-order valence-corrected chi connectivity index (χ0v) is 10.1. The molecule has 0 spiro atoms. The first-order valence-corrected chi connectivity index (χ1v) is 5.21. The predicted octanol–water partition coefficient (Wildman–Crippen LogP) is 3.21. The molecule has 1 aromatic carbocycles. The van der Waals surface area contributed by atoms with Gasteiger partial charge in [-0.3, -0.25) is 14.9 Å². The standard InChI is InChI=1S/C11H10F3NO4/c1-3-19-9-5-7(11(12,13)14)4-8(6(2)16)10(9)15(17)18/h4-5H,3H2,1-2H3. The van der Waals surface area contributed by atoms with Crippen LogP contribution in [-0.4, -0.2) is 17.3 Å². The van der Waals surface area contributed by atoms with Crippen molar-refractivity contribution in [2.75, 3.05) is 6.61 Å². The lowest BCUT2D eigenvalue weighted by Gasteiger charge is -2.12. The molecule has 0 aromatic heterocycles. The van der Waals surface area contributed by atoms with Gasteiger partial charge in [-0.2, -0.15) is 13.2 Å². The number of nitrogens with zero attached hydrogens (tertiary/aromatic N) is 1. The van der Waals surface area contributed by atoms with Crippen LogP contribution in [0.4, 0.5) is 18.9 Å². The fourth-order valence-electron chi connectivity index (χ4n) is 1.49. The van der Waals surface area contributed by atoms with E-state index in [1.165, 1.54) is 6.92 Å². The smallest absolute Gasteiger partial charge is 0.416 e. The summed E-state index contributed by atoms with van der Waals surface area (Å²) in [5.74, 6) is -1.40. The molecule has 0 fully saturated rings. The average Bonchev–Trinajstić information content (AvgIpc) is 2.26. The van der Waals surface area contributed by atoms with Gasteiger partial charge in [0.25, 0.3) is 0 Å². The minimum atomic E-state index is -4.72. The molecule has 0 bridgehead atoms. The van der Waals surface area contributed by atoms with Crippen LogP contribution in [0.1, 0.15) is 29.8 Å². The number of rotatable bonds is 4. The number of alkyl halides is 3. The summed E-state index contributed by atoms with van der Waals surface area (Å²) in [4.78, 5) is 21.2. The molecular weight excluding hydrogens is 267 g/mol. The first-order valence-electron chi connectivity index (χ1n) is 5.21. The van der Waals surface area contributed by atoms with Gasteiger partial charge in [0.1, 0.15) is 0 Å². The van der Waals surface area contributed by atoms with Gasteiger partial charge in [-0.1, -0.05) is 0 Å². The molecule has 0 amide bonds. The Morgan fingerprint density at radius 1 is 1.42 bits per heavy atom. The van der Waals surface area contributed by atoms with E-state index in [4.69, 9.17) is 4.74 Å². The van der Waals surface area contributed by atoms with Crippen LogP contribution < -0.4 is 4.74 Å². The number of carbonyl (C=O) groups excluding carboxylic acids is 1. The van der Waals surface area contributed by atoms with Crippen molar-refractivity contribution >= 4 is 11.5 Å². The molecule has 0 unspecified atom stereocenters. The van der Waals surface area contributed by atoms with Crippen molar-refractivity contribution in [1.82, 2.24) is 0 Å². The fourth-order valence-corrected chi connectivity index (χ4v) is 1.49. The van der Waals surface area contributed by atoms with E-state index >= 15 is 0 Å². The van der Waals surface area contributed by atoms with Gasteiger partial charge in [0.2, 0.25) is 0 Å². The quantitative estimate of drug-likeness (QED) is 0.481. The predicted molar refractivity (Wildman–Crippen MR) is 59.3 cm³/mol. The Morgan fingerprint density at radius 3 is 2.37 bits per heavy atom. The molecule has 0 saturated carbocycles. The van der Waals surface area contributed by atoms with E-state index in [2.05, 4.69) is 0 Å². The zero-order chi connectivity index (χ0) is 14.8. The molecule has 1 rings (SSSR count). The third kappa shape index (κ3) is 3.21. The topological polar surface area (TPSA) is 69.4 Å². The number of ether oxygens (including phenoxy) is 1. The van der Waals surface area contributed by atoms with Crippen molar-refractivity contribution in [2.45, 2.75) is 20.0 Å². The maximum atomic E-state index is 12.6. The average molecular weight is 277 g/mol. The summed E-state index contributed by atoms with van der Waals surface area (Å²) in [5, 5.41) is 10.9. The minimum Gasteiger partial charge on any atom is -0.487 e. The van der Waals surface area contributed by atoms with E-state index < -0.39 is 39.4 Å². The van der Waals surface area contributed by atoms with Gasteiger partial charge in [0.15, 0.2) is 11.5 Å². The second-order valence-corrected chi connectivity index (χ2v) is 3.61. The molecule has 1 aromatic rings. The van der Waals surface area contributed by atoms with Crippen molar-refractivity contribution in [3.63, 3.8) is 0 Å². The number of hydrogen-bond donors (Lipinski definition) is 0. The van der Waals surface area contributed by atoms with Crippen LogP contribution in [0.3, 0.4) is 0 Å². The van der Waals surface area contributed by atoms with Gasteiger partial charge in [0, 0.05) is 0 Å². The number of halogens is 3. The molecule has 104 valence electrons. The summed E-state index contributed by atoms with van der Waals surface area (Å²) in [5.41, 5.74) is -2.53. The monoisotopic (exact) mass is 277 g/mol. The molecule has 8 heteroatoms. The third-order valence-electron chi connectivity index (χ3n) is 2.26. The lowest BCUT2D eigenvalue weighted by atomic mass is 10.0. The summed E-state index contributed by atoms with van der Waals surface area (Å²) >= 11 is 0. The summed E-state index contributed by atoms with van der Waals surface area (Å²) in [6, 6.07) is 0.983. The van der Waals surface area contributed by atoms with Crippen LogP contribution in [0.2, 0.25) is 0 Å². The number of hydrogen-bond acceptors (Lipinski definition) is 4. The van der Waals surface area contributed by atoms with E-state index in [-0.39, 0.29) is 6.61 Å².